The molecule has 0 aliphatic carbocycles. The number of anilines is 1. The summed E-state index contributed by atoms with van der Waals surface area (Å²) in [7, 11) is 1.92. The third kappa shape index (κ3) is 3.06. The van der Waals surface area contributed by atoms with Crippen molar-refractivity contribution in [3.8, 4) is 5.82 Å². The van der Waals surface area contributed by atoms with Gasteiger partial charge in [0.25, 0.3) is 0 Å². The van der Waals surface area contributed by atoms with E-state index < -0.39 is 0 Å². The standard InChI is InChI=1S/C18H16N6OS/c1-12(25)13-6-7-19-17(8-13)24-11-15(10-21-24)26-22-16-5-3-4-14-9-20-23(2)18(14)16/h3-11,22H,1-2H3. The molecule has 7 nitrogen and oxygen atoms in total. The van der Waals surface area contributed by atoms with Gasteiger partial charge in [-0.1, -0.05) is 12.1 Å². The minimum Gasteiger partial charge on any atom is -0.324 e. The number of para-hydroxylation sites is 1. The second-order valence-electron chi connectivity index (χ2n) is 5.80. The lowest BCUT2D eigenvalue weighted by Crippen LogP contribution is -2.00. The summed E-state index contributed by atoms with van der Waals surface area (Å²) in [5, 5.41) is 9.71. The number of nitrogens with zero attached hydrogens (tertiary/aromatic N) is 5. The molecule has 0 aliphatic rings. The zero-order valence-corrected chi connectivity index (χ0v) is 15.1. The van der Waals surface area contributed by atoms with Crippen LogP contribution in [0.4, 0.5) is 5.69 Å². The molecule has 26 heavy (non-hydrogen) atoms. The molecule has 1 N–H and O–H groups in total. The second kappa shape index (κ2) is 6.64. The van der Waals surface area contributed by atoms with Crippen molar-refractivity contribution in [3.63, 3.8) is 0 Å². The molecule has 4 rings (SSSR count). The van der Waals surface area contributed by atoms with Crippen molar-refractivity contribution >= 4 is 34.3 Å². The molecule has 0 aliphatic heterocycles. The predicted molar refractivity (Wildman–Crippen MR) is 102 cm³/mol. The van der Waals surface area contributed by atoms with Crippen molar-refractivity contribution < 1.29 is 4.79 Å². The molecule has 0 bridgehead atoms. The first-order valence-electron chi connectivity index (χ1n) is 7.97. The van der Waals surface area contributed by atoms with Gasteiger partial charge >= 0.3 is 0 Å². The molecule has 0 saturated carbocycles. The van der Waals surface area contributed by atoms with Crippen molar-refractivity contribution in [2.24, 2.45) is 7.05 Å². The highest BCUT2D eigenvalue weighted by molar-refractivity contribution is 8.00. The molecular weight excluding hydrogens is 348 g/mol. The summed E-state index contributed by atoms with van der Waals surface area (Å²) < 4.78 is 6.85. The Morgan fingerprint density at radius 3 is 2.92 bits per heavy atom. The van der Waals surface area contributed by atoms with Crippen molar-refractivity contribution in [1.29, 1.82) is 0 Å². The SMILES string of the molecule is CC(=O)c1ccnc(-n2cc(SNc3cccc4cnn(C)c34)cn2)c1. The third-order valence-electron chi connectivity index (χ3n) is 3.99. The van der Waals surface area contributed by atoms with Crippen molar-refractivity contribution in [1.82, 2.24) is 24.5 Å². The maximum absolute atomic E-state index is 11.5. The molecule has 0 spiro atoms. The quantitative estimate of drug-likeness (QED) is 0.431. The summed E-state index contributed by atoms with van der Waals surface area (Å²) >= 11 is 1.46. The zero-order valence-electron chi connectivity index (χ0n) is 14.2. The predicted octanol–water partition coefficient (Wildman–Crippen LogP) is 3.48. The zero-order chi connectivity index (χ0) is 18.1. The van der Waals surface area contributed by atoms with E-state index in [9.17, 15) is 4.79 Å². The number of aryl methyl sites for hydroxylation is 1. The Morgan fingerprint density at radius 1 is 1.19 bits per heavy atom. The van der Waals surface area contributed by atoms with E-state index in [2.05, 4.69) is 19.9 Å². The lowest BCUT2D eigenvalue weighted by molar-refractivity contribution is 0.101. The molecule has 4 aromatic rings. The van der Waals surface area contributed by atoms with E-state index in [1.807, 2.05) is 42.3 Å². The maximum Gasteiger partial charge on any atom is 0.159 e. The molecule has 0 fully saturated rings. The normalized spacial score (nSPS) is 11.0. The lowest BCUT2D eigenvalue weighted by Gasteiger charge is -2.06. The van der Waals surface area contributed by atoms with Crippen LogP contribution in [0.25, 0.3) is 16.7 Å². The Hall–Kier alpha value is -3.13. The molecule has 0 atom stereocenters. The van der Waals surface area contributed by atoms with Gasteiger partial charge < -0.3 is 4.72 Å². The molecule has 3 heterocycles. The van der Waals surface area contributed by atoms with Crippen LogP contribution in [0.1, 0.15) is 17.3 Å². The van der Waals surface area contributed by atoms with Gasteiger partial charge in [-0.2, -0.15) is 10.2 Å². The van der Waals surface area contributed by atoms with Crippen LogP contribution in [0.2, 0.25) is 0 Å². The largest absolute Gasteiger partial charge is 0.324 e. The van der Waals surface area contributed by atoms with E-state index in [1.165, 1.54) is 18.9 Å². The Morgan fingerprint density at radius 2 is 2.08 bits per heavy atom. The summed E-state index contributed by atoms with van der Waals surface area (Å²) in [6.45, 7) is 1.53. The number of carbonyl (C=O) groups excluding carboxylic acids is 1. The first-order valence-corrected chi connectivity index (χ1v) is 8.79. The van der Waals surface area contributed by atoms with E-state index in [0.29, 0.717) is 11.4 Å². The fraction of sp³-hybridized carbons (Fsp3) is 0.111. The monoisotopic (exact) mass is 364 g/mol. The van der Waals surface area contributed by atoms with Crippen LogP contribution in [0.15, 0.2) is 60.0 Å². The highest BCUT2D eigenvalue weighted by Crippen LogP contribution is 2.27. The lowest BCUT2D eigenvalue weighted by atomic mass is 10.2. The second-order valence-corrected chi connectivity index (χ2v) is 6.67. The minimum absolute atomic E-state index is 0.00124. The van der Waals surface area contributed by atoms with E-state index in [1.54, 1.807) is 29.2 Å². The van der Waals surface area contributed by atoms with Crippen LogP contribution >= 0.6 is 11.9 Å². The molecule has 8 heteroatoms. The molecule has 130 valence electrons. The number of rotatable bonds is 5. The molecule has 0 amide bonds. The smallest absolute Gasteiger partial charge is 0.159 e. The Bertz CT molecular complexity index is 1100. The molecule has 1 aromatic carbocycles. The van der Waals surface area contributed by atoms with Crippen molar-refractivity contribution in [2.75, 3.05) is 4.72 Å². The number of hydrogen-bond acceptors (Lipinski definition) is 6. The summed E-state index contributed by atoms with van der Waals surface area (Å²) in [6.07, 6.45) is 7.08. The van der Waals surface area contributed by atoms with Crippen molar-refractivity contribution in [3.05, 3.63) is 60.7 Å². The topological polar surface area (TPSA) is 77.6 Å². The molecule has 0 saturated heterocycles. The number of nitrogens with one attached hydrogen (secondary N) is 1. The number of pyridine rings is 1. The van der Waals surface area contributed by atoms with Crippen LogP contribution in [-0.2, 0) is 7.05 Å². The van der Waals surface area contributed by atoms with Gasteiger partial charge in [0, 0.05) is 30.4 Å². The van der Waals surface area contributed by atoms with Gasteiger partial charge in [-0.05, 0) is 37.1 Å². The number of Topliss-reactive ketones (excluding diaryl/α,β-unsaturated/α-hetero) is 1. The van der Waals surface area contributed by atoms with Gasteiger partial charge in [-0.25, -0.2) is 9.67 Å². The first kappa shape index (κ1) is 16.3. The van der Waals surface area contributed by atoms with Gasteiger partial charge in [-0.15, -0.1) is 0 Å². The van der Waals surface area contributed by atoms with Crippen LogP contribution < -0.4 is 4.72 Å². The van der Waals surface area contributed by atoms with Gasteiger partial charge in [0.05, 0.1) is 28.5 Å². The highest BCUT2D eigenvalue weighted by atomic mass is 32.2. The average molecular weight is 364 g/mol. The summed E-state index contributed by atoms with van der Waals surface area (Å²) in [5.41, 5.74) is 2.64. The van der Waals surface area contributed by atoms with E-state index >= 15 is 0 Å². The fourth-order valence-corrected chi connectivity index (χ4v) is 3.32. The Balaban J connectivity index is 1.55. The summed E-state index contributed by atoms with van der Waals surface area (Å²) in [6, 6.07) is 9.46. The molecule has 0 unspecified atom stereocenters. The molecule has 0 radical (unpaired) electrons. The molecule has 3 aromatic heterocycles. The summed E-state index contributed by atoms with van der Waals surface area (Å²) in [5.74, 6) is 0.611. The highest BCUT2D eigenvalue weighted by Gasteiger charge is 2.08. The van der Waals surface area contributed by atoms with E-state index in [-0.39, 0.29) is 5.78 Å². The van der Waals surface area contributed by atoms with E-state index in [0.717, 1.165) is 21.5 Å². The average Bonchev–Trinajstić information content (AvgIpc) is 3.28. The fourth-order valence-electron chi connectivity index (χ4n) is 2.68. The number of carbonyl (C=O) groups is 1. The summed E-state index contributed by atoms with van der Waals surface area (Å²) in [4.78, 5) is 16.7. The third-order valence-corrected chi connectivity index (χ3v) is 4.75. The van der Waals surface area contributed by atoms with Crippen LogP contribution in [0.3, 0.4) is 0 Å². The number of fused-ring (bicyclic) bond motifs is 1. The van der Waals surface area contributed by atoms with Crippen LogP contribution in [0, 0.1) is 0 Å². The van der Waals surface area contributed by atoms with Gasteiger partial charge in [0.2, 0.25) is 0 Å². The minimum atomic E-state index is 0.00124. The molecular formula is C18H16N6OS. The number of benzene rings is 1. The number of hydrogen-bond donors (Lipinski definition) is 1. The van der Waals surface area contributed by atoms with Gasteiger partial charge in [0.15, 0.2) is 11.6 Å². The Kier molecular flexibility index (Phi) is 4.18. The van der Waals surface area contributed by atoms with Gasteiger partial charge in [0.1, 0.15) is 0 Å². The Labute approximate surface area is 154 Å². The van der Waals surface area contributed by atoms with Crippen molar-refractivity contribution in [2.45, 2.75) is 11.8 Å². The number of aromatic nitrogens is 5. The number of ketones is 1. The van der Waals surface area contributed by atoms with Crippen LogP contribution in [-0.4, -0.2) is 30.3 Å². The first-order chi connectivity index (χ1) is 12.6. The van der Waals surface area contributed by atoms with Crippen LogP contribution in [0.5, 0.6) is 0 Å². The van der Waals surface area contributed by atoms with Gasteiger partial charge in [-0.3, -0.25) is 9.48 Å². The maximum atomic E-state index is 11.5. The van der Waals surface area contributed by atoms with E-state index in [4.69, 9.17) is 0 Å².